The highest BCUT2D eigenvalue weighted by Crippen LogP contribution is 2.20. The van der Waals surface area contributed by atoms with E-state index in [0.717, 1.165) is 30.8 Å². The standard InChI is InChI=1S/C18H23ClN4O/c1-13-5-6-14(11-16(13)19)22-18(24)17-8-7-15(12-21-17)20-9-4-10-23(2)3/h5-8,11-12,20H,4,9-10H2,1-3H3,(H,22,24). The quantitative estimate of drug-likeness (QED) is 0.751. The molecule has 1 amide bonds. The summed E-state index contributed by atoms with van der Waals surface area (Å²) >= 11 is 6.07. The monoisotopic (exact) mass is 346 g/mol. The van der Waals surface area contributed by atoms with Crippen LogP contribution in [0.2, 0.25) is 5.02 Å². The first kappa shape index (κ1) is 18.2. The number of hydrogen-bond acceptors (Lipinski definition) is 4. The van der Waals surface area contributed by atoms with Crippen molar-refractivity contribution in [3.05, 3.63) is 52.8 Å². The van der Waals surface area contributed by atoms with Gasteiger partial charge in [0, 0.05) is 17.3 Å². The molecule has 0 aliphatic heterocycles. The Morgan fingerprint density at radius 1 is 1.21 bits per heavy atom. The number of rotatable bonds is 7. The molecule has 0 saturated carbocycles. The third-order valence-electron chi connectivity index (χ3n) is 3.54. The lowest BCUT2D eigenvalue weighted by Gasteiger charge is -2.11. The van der Waals surface area contributed by atoms with Crippen molar-refractivity contribution >= 4 is 28.9 Å². The highest BCUT2D eigenvalue weighted by atomic mass is 35.5. The van der Waals surface area contributed by atoms with Crippen molar-refractivity contribution < 1.29 is 4.79 Å². The van der Waals surface area contributed by atoms with Gasteiger partial charge in [0.2, 0.25) is 0 Å². The van der Waals surface area contributed by atoms with Gasteiger partial charge in [-0.3, -0.25) is 4.79 Å². The molecule has 0 spiro atoms. The van der Waals surface area contributed by atoms with Gasteiger partial charge in [0.15, 0.2) is 0 Å². The van der Waals surface area contributed by atoms with E-state index in [1.54, 1.807) is 18.3 Å². The van der Waals surface area contributed by atoms with E-state index in [0.29, 0.717) is 16.4 Å². The van der Waals surface area contributed by atoms with E-state index in [1.807, 2.05) is 25.1 Å². The van der Waals surface area contributed by atoms with Crippen LogP contribution in [0.1, 0.15) is 22.5 Å². The van der Waals surface area contributed by atoms with Crippen LogP contribution in [0.15, 0.2) is 36.5 Å². The van der Waals surface area contributed by atoms with Crippen LogP contribution in [-0.4, -0.2) is 43.0 Å². The summed E-state index contributed by atoms with van der Waals surface area (Å²) in [6.07, 6.45) is 2.72. The van der Waals surface area contributed by atoms with E-state index in [1.165, 1.54) is 0 Å². The lowest BCUT2D eigenvalue weighted by atomic mass is 10.2. The highest BCUT2D eigenvalue weighted by molar-refractivity contribution is 6.31. The minimum absolute atomic E-state index is 0.255. The molecule has 0 aliphatic rings. The molecule has 0 aliphatic carbocycles. The molecule has 2 rings (SSSR count). The lowest BCUT2D eigenvalue weighted by Crippen LogP contribution is -2.16. The molecule has 0 bridgehead atoms. The molecule has 2 aromatic rings. The fourth-order valence-electron chi connectivity index (χ4n) is 2.13. The maximum atomic E-state index is 12.2. The van der Waals surface area contributed by atoms with E-state index in [4.69, 9.17) is 11.6 Å². The summed E-state index contributed by atoms with van der Waals surface area (Å²) < 4.78 is 0. The molecule has 1 aromatic carbocycles. The predicted molar refractivity (Wildman–Crippen MR) is 100 cm³/mol. The number of carbonyl (C=O) groups is 1. The molecule has 5 nitrogen and oxygen atoms in total. The van der Waals surface area contributed by atoms with Crippen LogP contribution in [-0.2, 0) is 0 Å². The zero-order valence-electron chi connectivity index (χ0n) is 14.3. The molecule has 0 atom stereocenters. The van der Waals surface area contributed by atoms with Crippen molar-refractivity contribution in [2.24, 2.45) is 0 Å². The number of nitrogens with zero attached hydrogens (tertiary/aromatic N) is 2. The fraction of sp³-hybridized carbons (Fsp3) is 0.333. The minimum atomic E-state index is -0.255. The third-order valence-corrected chi connectivity index (χ3v) is 3.94. The summed E-state index contributed by atoms with van der Waals surface area (Å²) in [6, 6.07) is 8.99. The summed E-state index contributed by atoms with van der Waals surface area (Å²) in [5.41, 5.74) is 2.90. The number of pyridine rings is 1. The van der Waals surface area contributed by atoms with Gasteiger partial charge >= 0.3 is 0 Å². The van der Waals surface area contributed by atoms with E-state index in [-0.39, 0.29) is 5.91 Å². The maximum absolute atomic E-state index is 12.2. The topological polar surface area (TPSA) is 57.3 Å². The first-order chi connectivity index (χ1) is 11.5. The van der Waals surface area contributed by atoms with E-state index >= 15 is 0 Å². The molecule has 1 heterocycles. The zero-order chi connectivity index (χ0) is 17.5. The largest absolute Gasteiger partial charge is 0.384 e. The Balaban J connectivity index is 1.89. The van der Waals surface area contributed by atoms with Gasteiger partial charge in [0.1, 0.15) is 5.69 Å². The minimum Gasteiger partial charge on any atom is -0.384 e. The maximum Gasteiger partial charge on any atom is 0.274 e. The SMILES string of the molecule is Cc1ccc(NC(=O)c2ccc(NCCCN(C)C)cn2)cc1Cl. The average Bonchev–Trinajstić information content (AvgIpc) is 2.55. The van der Waals surface area contributed by atoms with Gasteiger partial charge < -0.3 is 15.5 Å². The third kappa shape index (κ3) is 5.51. The summed E-state index contributed by atoms with van der Waals surface area (Å²) in [5.74, 6) is -0.255. The fourth-order valence-corrected chi connectivity index (χ4v) is 2.31. The number of nitrogens with one attached hydrogen (secondary N) is 2. The van der Waals surface area contributed by atoms with E-state index < -0.39 is 0 Å². The molecular weight excluding hydrogens is 324 g/mol. The number of halogens is 1. The Bertz CT molecular complexity index is 686. The molecule has 0 radical (unpaired) electrons. The van der Waals surface area contributed by atoms with E-state index in [2.05, 4.69) is 34.6 Å². The van der Waals surface area contributed by atoms with Gasteiger partial charge in [-0.2, -0.15) is 0 Å². The van der Waals surface area contributed by atoms with Gasteiger partial charge in [-0.25, -0.2) is 4.98 Å². The van der Waals surface area contributed by atoms with Gasteiger partial charge in [0.05, 0.1) is 11.9 Å². The summed E-state index contributed by atoms with van der Waals surface area (Å²) in [6.45, 7) is 3.81. The van der Waals surface area contributed by atoms with Crippen molar-refractivity contribution in [3.63, 3.8) is 0 Å². The zero-order valence-corrected chi connectivity index (χ0v) is 15.0. The molecule has 24 heavy (non-hydrogen) atoms. The molecule has 6 heteroatoms. The summed E-state index contributed by atoms with van der Waals surface area (Å²) in [5, 5.41) is 6.71. The number of benzene rings is 1. The molecule has 128 valence electrons. The Morgan fingerprint density at radius 3 is 2.58 bits per heavy atom. The first-order valence-electron chi connectivity index (χ1n) is 7.88. The Hall–Kier alpha value is -2.11. The summed E-state index contributed by atoms with van der Waals surface area (Å²) in [4.78, 5) is 18.6. The van der Waals surface area contributed by atoms with Gasteiger partial charge in [-0.1, -0.05) is 17.7 Å². The Morgan fingerprint density at radius 2 is 1.96 bits per heavy atom. The second kappa shape index (κ2) is 8.66. The van der Waals surface area contributed by atoms with Crippen LogP contribution in [0, 0.1) is 6.92 Å². The molecule has 1 aromatic heterocycles. The number of aromatic nitrogens is 1. The Labute approximate surface area is 148 Å². The van der Waals surface area contributed by atoms with Crippen molar-refractivity contribution in [3.8, 4) is 0 Å². The van der Waals surface area contributed by atoms with E-state index in [9.17, 15) is 4.79 Å². The highest BCUT2D eigenvalue weighted by Gasteiger charge is 2.08. The smallest absolute Gasteiger partial charge is 0.274 e. The number of amides is 1. The first-order valence-corrected chi connectivity index (χ1v) is 8.25. The van der Waals surface area contributed by atoms with Crippen molar-refractivity contribution in [2.45, 2.75) is 13.3 Å². The Kier molecular flexibility index (Phi) is 6.58. The van der Waals surface area contributed by atoms with Crippen LogP contribution < -0.4 is 10.6 Å². The number of aryl methyl sites for hydroxylation is 1. The number of hydrogen-bond donors (Lipinski definition) is 2. The normalized spacial score (nSPS) is 10.7. The lowest BCUT2D eigenvalue weighted by molar-refractivity contribution is 0.102. The van der Waals surface area contributed by atoms with Gasteiger partial charge in [0.25, 0.3) is 5.91 Å². The van der Waals surface area contributed by atoms with Crippen LogP contribution in [0.5, 0.6) is 0 Å². The number of carbonyl (C=O) groups excluding carboxylic acids is 1. The number of anilines is 2. The van der Waals surface area contributed by atoms with Crippen LogP contribution in [0.25, 0.3) is 0 Å². The molecular formula is C18H23ClN4O. The van der Waals surface area contributed by atoms with Crippen LogP contribution in [0.3, 0.4) is 0 Å². The summed E-state index contributed by atoms with van der Waals surface area (Å²) in [7, 11) is 4.10. The second-order valence-electron chi connectivity index (χ2n) is 5.93. The molecule has 0 fully saturated rings. The van der Waals surface area contributed by atoms with Crippen LogP contribution >= 0.6 is 11.6 Å². The van der Waals surface area contributed by atoms with Crippen molar-refractivity contribution in [1.82, 2.24) is 9.88 Å². The molecule has 0 unspecified atom stereocenters. The van der Waals surface area contributed by atoms with Gasteiger partial charge in [-0.15, -0.1) is 0 Å². The van der Waals surface area contributed by atoms with Crippen molar-refractivity contribution in [1.29, 1.82) is 0 Å². The predicted octanol–water partition coefficient (Wildman–Crippen LogP) is 3.66. The molecule has 2 N–H and O–H groups in total. The molecule has 0 saturated heterocycles. The van der Waals surface area contributed by atoms with Crippen LogP contribution in [0.4, 0.5) is 11.4 Å². The van der Waals surface area contributed by atoms with Crippen molar-refractivity contribution in [2.75, 3.05) is 37.8 Å². The second-order valence-corrected chi connectivity index (χ2v) is 6.34. The average molecular weight is 347 g/mol. The van der Waals surface area contributed by atoms with Gasteiger partial charge in [-0.05, 0) is 63.8 Å².